The first kappa shape index (κ1) is 17.3. The number of hydrogen-bond acceptors (Lipinski definition) is 6. The highest BCUT2D eigenvalue weighted by atomic mass is 16.3. The van der Waals surface area contributed by atoms with Gasteiger partial charge in [0.15, 0.2) is 0 Å². The van der Waals surface area contributed by atoms with Crippen molar-refractivity contribution in [1.82, 2.24) is 24.6 Å². The van der Waals surface area contributed by atoms with Crippen molar-refractivity contribution < 1.29 is 9.90 Å². The second-order valence-electron chi connectivity index (χ2n) is 6.79. The Labute approximate surface area is 147 Å². The predicted octanol–water partition coefficient (Wildman–Crippen LogP) is 0.390. The van der Waals surface area contributed by atoms with Crippen LogP contribution >= 0.6 is 0 Å². The summed E-state index contributed by atoms with van der Waals surface area (Å²) in [6.07, 6.45) is 5.53. The van der Waals surface area contributed by atoms with Crippen LogP contribution in [0, 0.1) is 13.8 Å². The maximum Gasteiger partial charge on any atom is 0.244 e. The van der Waals surface area contributed by atoms with Gasteiger partial charge in [-0.3, -0.25) is 14.5 Å². The number of aryl methyl sites for hydroxylation is 2. The molecule has 0 unspecified atom stereocenters. The molecular weight excluding hydrogens is 320 g/mol. The van der Waals surface area contributed by atoms with Crippen LogP contribution in [-0.2, 0) is 11.3 Å². The number of anilines is 1. The normalized spacial score (nSPS) is 20.1. The number of aromatic nitrogens is 4. The SMILES string of the molecule is Cc1cc(C)n(CC(=O)N(C)C[C@]2(O)CCN(c3cnccn3)C2)n1. The first-order valence-electron chi connectivity index (χ1n) is 8.35. The molecule has 1 atom stereocenters. The molecule has 8 heteroatoms. The molecule has 1 saturated heterocycles. The molecule has 0 spiro atoms. The maximum atomic E-state index is 12.5. The van der Waals surface area contributed by atoms with Gasteiger partial charge < -0.3 is 14.9 Å². The molecule has 2 aromatic heterocycles. The summed E-state index contributed by atoms with van der Waals surface area (Å²) in [5.41, 5.74) is 0.895. The predicted molar refractivity (Wildman–Crippen MR) is 93.1 cm³/mol. The third-order valence-corrected chi connectivity index (χ3v) is 4.55. The molecule has 1 fully saturated rings. The van der Waals surface area contributed by atoms with E-state index in [1.807, 2.05) is 24.8 Å². The fraction of sp³-hybridized carbons (Fsp3) is 0.529. The van der Waals surface area contributed by atoms with Crippen molar-refractivity contribution in [2.75, 3.05) is 31.6 Å². The third kappa shape index (κ3) is 3.96. The first-order valence-corrected chi connectivity index (χ1v) is 8.35. The molecule has 1 amide bonds. The van der Waals surface area contributed by atoms with Gasteiger partial charge in [-0.25, -0.2) is 4.98 Å². The second kappa shape index (κ2) is 6.79. The van der Waals surface area contributed by atoms with Gasteiger partial charge in [0.1, 0.15) is 18.0 Å². The van der Waals surface area contributed by atoms with Crippen molar-refractivity contribution >= 4 is 11.7 Å². The lowest BCUT2D eigenvalue weighted by atomic mass is 10.0. The summed E-state index contributed by atoms with van der Waals surface area (Å²) in [6.45, 7) is 5.41. The van der Waals surface area contributed by atoms with Crippen LogP contribution in [0.3, 0.4) is 0 Å². The molecule has 134 valence electrons. The van der Waals surface area contributed by atoms with E-state index in [-0.39, 0.29) is 19.0 Å². The van der Waals surface area contributed by atoms with E-state index in [1.54, 1.807) is 35.2 Å². The van der Waals surface area contributed by atoms with Crippen LogP contribution in [0.25, 0.3) is 0 Å². The Kier molecular flexibility index (Phi) is 4.71. The van der Waals surface area contributed by atoms with Crippen molar-refractivity contribution in [3.8, 4) is 0 Å². The lowest BCUT2D eigenvalue weighted by Crippen LogP contribution is -2.46. The van der Waals surface area contributed by atoms with Crippen LogP contribution in [-0.4, -0.2) is 67.9 Å². The third-order valence-electron chi connectivity index (χ3n) is 4.55. The molecule has 1 aliphatic heterocycles. The first-order chi connectivity index (χ1) is 11.9. The van der Waals surface area contributed by atoms with Gasteiger partial charge in [0.05, 0.1) is 18.4 Å². The van der Waals surface area contributed by atoms with Crippen molar-refractivity contribution in [2.24, 2.45) is 0 Å². The highest BCUT2D eigenvalue weighted by Gasteiger charge is 2.38. The van der Waals surface area contributed by atoms with E-state index in [2.05, 4.69) is 15.1 Å². The molecule has 2 aromatic rings. The van der Waals surface area contributed by atoms with Crippen LogP contribution in [0.1, 0.15) is 17.8 Å². The topological polar surface area (TPSA) is 87.4 Å². The van der Waals surface area contributed by atoms with Crippen molar-refractivity contribution in [2.45, 2.75) is 32.4 Å². The van der Waals surface area contributed by atoms with Gasteiger partial charge in [0.25, 0.3) is 0 Å². The summed E-state index contributed by atoms with van der Waals surface area (Å²) >= 11 is 0. The summed E-state index contributed by atoms with van der Waals surface area (Å²) < 4.78 is 1.69. The van der Waals surface area contributed by atoms with Crippen LogP contribution in [0.15, 0.2) is 24.7 Å². The zero-order valence-electron chi connectivity index (χ0n) is 14.9. The fourth-order valence-electron chi connectivity index (χ4n) is 3.25. The summed E-state index contributed by atoms with van der Waals surface area (Å²) in [4.78, 5) is 24.4. The Bertz CT molecular complexity index is 747. The number of amides is 1. The second-order valence-corrected chi connectivity index (χ2v) is 6.79. The molecule has 25 heavy (non-hydrogen) atoms. The number of carbonyl (C=O) groups excluding carboxylic acids is 1. The molecule has 0 radical (unpaired) electrons. The van der Waals surface area contributed by atoms with E-state index in [1.165, 1.54) is 0 Å². The summed E-state index contributed by atoms with van der Waals surface area (Å²) in [5.74, 6) is 0.674. The standard InChI is InChI=1S/C17H24N6O2/c1-13-8-14(2)23(20-13)10-16(24)21(3)11-17(25)4-7-22(12-17)15-9-18-5-6-19-15/h5-6,8-9,25H,4,7,10-12H2,1-3H3/t17-/m1/s1. The van der Waals surface area contributed by atoms with Gasteiger partial charge in [-0.15, -0.1) is 0 Å². The number of rotatable bonds is 5. The van der Waals surface area contributed by atoms with E-state index < -0.39 is 5.60 Å². The van der Waals surface area contributed by atoms with E-state index in [4.69, 9.17) is 0 Å². The average molecular weight is 344 g/mol. The Morgan fingerprint density at radius 1 is 1.40 bits per heavy atom. The van der Waals surface area contributed by atoms with E-state index in [0.717, 1.165) is 17.2 Å². The monoisotopic (exact) mass is 344 g/mol. The molecule has 3 rings (SSSR count). The zero-order chi connectivity index (χ0) is 18.0. The molecule has 3 heterocycles. The van der Waals surface area contributed by atoms with E-state index in [0.29, 0.717) is 19.5 Å². The number of likely N-dealkylation sites (N-methyl/N-ethyl adjacent to an activating group) is 1. The summed E-state index contributed by atoms with van der Waals surface area (Å²) in [5, 5.41) is 15.2. The fourth-order valence-corrected chi connectivity index (χ4v) is 3.25. The molecule has 1 N–H and O–H groups in total. The summed E-state index contributed by atoms with van der Waals surface area (Å²) in [7, 11) is 1.72. The lowest BCUT2D eigenvalue weighted by Gasteiger charge is -2.29. The number of carbonyl (C=O) groups is 1. The van der Waals surface area contributed by atoms with Crippen molar-refractivity contribution in [3.05, 3.63) is 36.0 Å². The van der Waals surface area contributed by atoms with Crippen LogP contribution in [0.4, 0.5) is 5.82 Å². The minimum absolute atomic E-state index is 0.0717. The maximum absolute atomic E-state index is 12.5. The van der Waals surface area contributed by atoms with Crippen molar-refractivity contribution in [1.29, 1.82) is 0 Å². The van der Waals surface area contributed by atoms with E-state index in [9.17, 15) is 9.90 Å². The van der Waals surface area contributed by atoms with Gasteiger partial charge in [0.2, 0.25) is 5.91 Å². The Hall–Kier alpha value is -2.48. The Morgan fingerprint density at radius 3 is 2.84 bits per heavy atom. The number of hydrogen-bond donors (Lipinski definition) is 1. The van der Waals surface area contributed by atoms with Gasteiger partial charge in [-0.05, 0) is 26.3 Å². The molecule has 0 aliphatic carbocycles. The number of β-amino-alcohol motifs (C(OH)–C–C–N with tert-alkyl or cyclic N) is 1. The van der Waals surface area contributed by atoms with Gasteiger partial charge in [-0.2, -0.15) is 5.10 Å². The van der Waals surface area contributed by atoms with E-state index >= 15 is 0 Å². The molecule has 0 saturated carbocycles. The minimum Gasteiger partial charge on any atom is -0.386 e. The van der Waals surface area contributed by atoms with Crippen molar-refractivity contribution in [3.63, 3.8) is 0 Å². The number of aliphatic hydroxyl groups is 1. The molecule has 1 aliphatic rings. The average Bonchev–Trinajstić information content (AvgIpc) is 3.10. The highest BCUT2D eigenvalue weighted by Crippen LogP contribution is 2.25. The van der Waals surface area contributed by atoms with Gasteiger partial charge >= 0.3 is 0 Å². The smallest absolute Gasteiger partial charge is 0.244 e. The highest BCUT2D eigenvalue weighted by molar-refractivity contribution is 5.75. The van der Waals surface area contributed by atoms with Gasteiger partial charge in [-0.1, -0.05) is 0 Å². The quantitative estimate of drug-likeness (QED) is 0.844. The van der Waals surface area contributed by atoms with Crippen LogP contribution in [0.5, 0.6) is 0 Å². The minimum atomic E-state index is -0.947. The molecular formula is C17H24N6O2. The van der Waals surface area contributed by atoms with Gasteiger partial charge in [0, 0.05) is 38.2 Å². The zero-order valence-corrected chi connectivity index (χ0v) is 14.9. The Morgan fingerprint density at radius 2 is 2.20 bits per heavy atom. The lowest BCUT2D eigenvalue weighted by molar-refractivity contribution is -0.133. The molecule has 8 nitrogen and oxygen atoms in total. The Balaban J connectivity index is 1.59. The van der Waals surface area contributed by atoms with Crippen LogP contribution in [0.2, 0.25) is 0 Å². The molecule has 0 bridgehead atoms. The van der Waals surface area contributed by atoms with Crippen LogP contribution < -0.4 is 4.90 Å². The number of nitrogens with zero attached hydrogens (tertiary/aromatic N) is 6. The summed E-state index contributed by atoms with van der Waals surface area (Å²) in [6, 6.07) is 1.94. The largest absolute Gasteiger partial charge is 0.386 e. The molecule has 0 aromatic carbocycles.